The Morgan fingerprint density at radius 3 is 2.45 bits per heavy atom. The molecule has 1 amide bonds. The Hall–Kier alpha value is -2.96. The Morgan fingerprint density at radius 1 is 1.00 bits per heavy atom. The molecular weight excluding hydrogens is 472 g/mol. The van der Waals surface area contributed by atoms with Gasteiger partial charge in [-0.1, -0.05) is 80.5 Å². The second-order valence-corrected chi connectivity index (χ2v) is 12.1. The number of hydrogen-bond donors (Lipinski definition) is 1. The van der Waals surface area contributed by atoms with Crippen LogP contribution in [0.3, 0.4) is 0 Å². The van der Waals surface area contributed by atoms with Crippen LogP contribution >= 0.6 is 0 Å². The van der Waals surface area contributed by atoms with Crippen LogP contribution in [-0.2, 0) is 23.2 Å². The predicted octanol–water partition coefficient (Wildman–Crippen LogP) is 5.14. The Labute approximate surface area is 227 Å². The molecule has 2 saturated heterocycles. The summed E-state index contributed by atoms with van der Waals surface area (Å²) in [6.45, 7) is 13.0. The first-order valence-electron chi connectivity index (χ1n) is 14.2. The number of carbonyl (C=O) groups excluding carboxylic acids is 1. The quantitative estimate of drug-likeness (QED) is 0.473. The number of carbonyl (C=O) groups is 1. The van der Waals surface area contributed by atoms with E-state index in [1.165, 1.54) is 11.1 Å². The van der Waals surface area contributed by atoms with Crippen LogP contribution in [0.1, 0.15) is 50.4 Å². The van der Waals surface area contributed by atoms with Crippen LogP contribution in [0.2, 0.25) is 0 Å². The fourth-order valence-electron chi connectivity index (χ4n) is 5.78. The minimum Gasteiger partial charge on any atom is -0.356 e. The van der Waals surface area contributed by atoms with E-state index in [2.05, 4.69) is 102 Å². The highest BCUT2D eigenvalue weighted by molar-refractivity contribution is 5.76. The molecule has 2 aliphatic rings. The molecule has 3 heterocycles. The second kappa shape index (κ2) is 11.8. The molecule has 0 saturated carbocycles. The molecule has 2 atom stereocenters. The van der Waals surface area contributed by atoms with Crippen molar-refractivity contribution in [2.75, 3.05) is 39.3 Å². The summed E-state index contributed by atoms with van der Waals surface area (Å²) >= 11 is 0. The van der Waals surface area contributed by atoms with Gasteiger partial charge in [-0.3, -0.25) is 9.69 Å². The van der Waals surface area contributed by atoms with E-state index < -0.39 is 0 Å². The summed E-state index contributed by atoms with van der Waals surface area (Å²) < 4.78 is 5.73. The van der Waals surface area contributed by atoms with Crippen LogP contribution < -0.4 is 5.32 Å². The third-order valence-corrected chi connectivity index (χ3v) is 8.24. The average molecular weight is 515 g/mol. The first-order chi connectivity index (χ1) is 18.3. The third kappa shape index (κ3) is 6.72. The van der Waals surface area contributed by atoms with Gasteiger partial charge in [-0.15, -0.1) is 0 Å². The first-order valence-corrected chi connectivity index (χ1v) is 14.2. The minimum atomic E-state index is 0.126. The number of piperazine rings is 1. The summed E-state index contributed by atoms with van der Waals surface area (Å²) in [6.07, 6.45) is 2.49. The number of amides is 1. The molecule has 2 aliphatic heterocycles. The van der Waals surface area contributed by atoms with Crippen molar-refractivity contribution in [3.05, 3.63) is 77.5 Å². The van der Waals surface area contributed by atoms with E-state index in [9.17, 15) is 4.79 Å². The molecule has 202 valence electrons. The number of aromatic nitrogens is 1. The highest BCUT2D eigenvalue weighted by Crippen LogP contribution is 2.30. The van der Waals surface area contributed by atoms with Crippen molar-refractivity contribution < 1.29 is 9.32 Å². The van der Waals surface area contributed by atoms with Gasteiger partial charge in [-0.05, 0) is 54.3 Å². The van der Waals surface area contributed by atoms with Gasteiger partial charge in [0.05, 0.1) is 5.69 Å². The molecule has 0 unspecified atom stereocenters. The van der Waals surface area contributed by atoms with Crippen LogP contribution in [-0.4, -0.2) is 60.1 Å². The van der Waals surface area contributed by atoms with E-state index in [-0.39, 0.29) is 5.41 Å². The highest BCUT2D eigenvalue weighted by atomic mass is 16.5. The van der Waals surface area contributed by atoms with E-state index in [1.54, 1.807) is 0 Å². The van der Waals surface area contributed by atoms with Crippen molar-refractivity contribution in [1.29, 1.82) is 0 Å². The van der Waals surface area contributed by atoms with E-state index in [4.69, 9.17) is 4.52 Å². The van der Waals surface area contributed by atoms with Gasteiger partial charge in [0.2, 0.25) is 5.91 Å². The zero-order valence-electron chi connectivity index (χ0n) is 23.2. The van der Waals surface area contributed by atoms with Crippen molar-refractivity contribution in [3.63, 3.8) is 0 Å². The molecule has 0 bridgehead atoms. The molecule has 6 heteroatoms. The topological polar surface area (TPSA) is 61.6 Å². The van der Waals surface area contributed by atoms with Crippen molar-refractivity contribution in [2.24, 2.45) is 11.8 Å². The summed E-state index contributed by atoms with van der Waals surface area (Å²) in [6, 6.07) is 21.3. The Morgan fingerprint density at radius 2 is 1.74 bits per heavy atom. The number of benzene rings is 2. The molecule has 0 radical (unpaired) electrons. The first kappa shape index (κ1) is 26.6. The predicted molar refractivity (Wildman–Crippen MR) is 152 cm³/mol. The number of piperidine rings is 1. The van der Waals surface area contributed by atoms with Gasteiger partial charge in [0.1, 0.15) is 0 Å². The maximum atomic E-state index is 13.3. The van der Waals surface area contributed by atoms with Gasteiger partial charge in [-0.25, -0.2) is 0 Å². The summed E-state index contributed by atoms with van der Waals surface area (Å²) in [5.41, 5.74) is 4.79. The number of hydrogen-bond acceptors (Lipinski definition) is 5. The summed E-state index contributed by atoms with van der Waals surface area (Å²) in [5, 5.41) is 7.94. The second-order valence-electron chi connectivity index (χ2n) is 12.1. The summed E-state index contributed by atoms with van der Waals surface area (Å²) in [4.78, 5) is 17.8. The lowest BCUT2D eigenvalue weighted by molar-refractivity contribution is -0.134. The van der Waals surface area contributed by atoms with E-state index >= 15 is 0 Å². The summed E-state index contributed by atoms with van der Waals surface area (Å²) in [5.74, 6) is 1.87. The lowest BCUT2D eigenvalue weighted by atomic mass is 9.81. The summed E-state index contributed by atoms with van der Waals surface area (Å²) in [7, 11) is 0. The smallest absolute Gasteiger partial charge is 0.222 e. The van der Waals surface area contributed by atoms with E-state index in [1.807, 2.05) is 0 Å². The molecule has 5 rings (SSSR count). The standard InChI is InChI=1S/C32H42N4O2/c1-32(2,3)28-11-9-25(10-12-28)30-21-29(34-38-30)19-27-22-33-14-13-26(27)20-31(37)36-17-15-35(16-18-36)23-24-7-5-4-6-8-24/h4-12,21,26-27,33H,13-20,22-23H2,1-3H3/t26-,27+/m0/s1. The van der Waals surface area contributed by atoms with Crippen LogP contribution in [0.25, 0.3) is 11.3 Å². The van der Waals surface area contributed by atoms with E-state index in [0.717, 1.165) is 75.7 Å². The fraction of sp³-hybridized carbons (Fsp3) is 0.500. The number of nitrogens with zero attached hydrogens (tertiary/aromatic N) is 3. The third-order valence-electron chi connectivity index (χ3n) is 8.24. The van der Waals surface area contributed by atoms with E-state index in [0.29, 0.717) is 24.2 Å². The van der Waals surface area contributed by atoms with Gasteiger partial charge in [0.25, 0.3) is 0 Å². The number of rotatable bonds is 7. The zero-order chi connectivity index (χ0) is 26.5. The zero-order valence-corrected chi connectivity index (χ0v) is 23.2. The monoisotopic (exact) mass is 514 g/mol. The average Bonchev–Trinajstić information content (AvgIpc) is 3.39. The number of nitrogens with one attached hydrogen (secondary N) is 1. The van der Waals surface area contributed by atoms with Crippen molar-refractivity contribution in [1.82, 2.24) is 20.3 Å². The SMILES string of the molecule is CC(C)(C)c1ccc(-c2cc(C[C@@H]3CNCC[C@H]3CC(=O)N3CCN(Cc4ccccc4)CC3)no2)cc1. The Kier molecular flexibility index (Phi) is 8.29. The van der Waals surface area contributed by atoms with Crippen LogP contribution in [0.4, 0.5) is 0 Å². The van der Waals surface area contributed by atoms with Gasteiger partial charge in [0, 0.05) is 50.8 Å². The maximum absolute atomic E-state index is 13.3. The van der Waals surface area contributed by atoms with Crippen LogP contribution in [0.5, 0.6) is 0 Å². The minimum absolute atomic E-state index is 0.126. The largest absolute Gasteiger partial charge is 0.356 e. The molecule has 2 fully saturated rings. The molecule has 1 aromatic heterocycles. The van der Waals surface area contributed by atoms with Gasteiger partial charge in [0.15, 0.2) is 5.76 Å². The van der Waals surface area contributed by atoms with Gasteiger partial charge < -0.3 is 14.7 Å². The van der Waals surface area contributed by atoms with Gasteiger partial charge in [-0.2, -0.15) is 0 Å². The lowest BCUT2D eigenvalue weighted by Crippen LogP contribution is -2.49. The molecule has 38 heavy (non-hydrogen) atoms. The van der Waals surface area contributed by atoms with Crippen molar-refractivity contribution >= 4 is 5.91 Å². The van der Waals surface area contributed by atoms with Crippen molar-refractivity contribution in [3.8, 4) is 11.3 Å². The molecule has 6 nitrogen and oxygen atoms in total. The molecule has 3 aromatic rings. The van der Waals surface area contributed by atoms with Crippen LogP contribution in [0.15, 0.2) is 65.2 Å². The Balaban J connectivity index is 1.14. The molecule has 1 N–H and O–H groups in total. The molecular formula is C32H42N4O2. The normalized spacial score (nSPS) is 21.0. The fourth-order valence-corrected chi connectivity index (χ4v) is 5.78. The molecule has 0 aliphatic carbocycles. The molecule has 2 aromatic carbocycles. The highest BCUT2D eigenvalue weighted by Gasteiger charge is 2.31. The van der Waals surface area contributed by atoms with Crippen molar-refractivity contribution in [2.45, 2.75) is 52.0 Å². The maximum Gasteiger partial charge on any atom is 0.222 e. The molecule has 0 spiro atoms. The Bertz CT molecular complexity index is 1170. The van der Waals surface area contributed by atoms with Gasteiger partial charge >= 0.3 is 0 Å². The lowest BCUT2D eigenvalue weighted by Gasteiger charge is -2.37. The van der Waals surface area contributed by atoms with Crippen LogP contribution in [0, 0.1) is 11.8 Å².